The van der Waals surface area contributed by atoms with Gasteiger partial charge in [0, 0.05) is 21.8 Å². The van der Waals surface area contributed by atoms with Crippen molar-refractivity contribution in [2.24, 2.45) is 0 Å². The lowest BCUT2D eigenvalue weighted by Gasteiger charge is -2.09. The van der Waals surface area contributed by atoms with Crippen LogP contribution in [-0.4, -0.2) is 26.8 Å². The lowest BCUT2D eigenvalue weighted by Crippen LogP contribution is -2.14. The summed E-state index contributed by atoms with van der Waals surface area (Å²) in [5.41, 5.74) is 3.96. The molecule has 0 atom stereocenters. The molecule has 148 valence electrons. The number of halogens is 1. The van der Waals surface area contributed by atoms with Crippen molar-refractivity contribution < 1.29 is 4.79 Å². The average Bonchev–Trinajstić information content (AvgIpc) is 2.79. The molecular weight excluding hydrogens is 416 g/mol. The molecule has 7 heteroatoms. The van der Waals surface area contributed by atoms with Gasteiger partial charge < -0.3 is 5.32 Å². The van der Waals surface area contributed by atoms with Crippen molar-refractivity contribution in [2.45, 2.75) is 5.16 Å². The molecule has 0 aliphatic rings. The topological polar surface area (TPSA) is 67.8 Å². The summed E-state index contributed by atoms with van der Waals surface area (Å²) in [4.78, 5) is 17.0. The quantitative estimate of drug-likeness (QED) is 0.402. The van der Waals surface area contributed by atoms with Crippen molar-refractivity contribution in [1.29, 1.82) is 0 Å². The fraction of sp³-hybridized carbons (Fsp3) is 0.0435. The molecule has 0 unspecified atom stereocenters. The summed E-state index contributed by atoms with van der Waals surface area (Å²) in [6.45, 7) is 0. The van der Waals surface area contributed by atoms with Gasteiger partial charge in [0.2, 0.25) is 11.1 Å². The molecule has 1 heterocycles. The van der Waals surface area contributed by atoms with Gasteiger partial charge in [-0.3, -0.25) is 4.79 Å². The van der Waals surface area contributed by atoms with Gasteiger partial charge in [0.1, 0.15) is 11.4 Å². The third-order valence-corrected chi connectivity index (χ3v) is 5.28. The van der Waals surface area contributed by atoms with Gasteiger partial charge in [0.15, 0.2) is 0 Å². The van der Waals surface area contributed by atoms with E-state index < -0.39 is 0 Å². The molecule has 3 aromatic carbocycles. The predicted molar refractivity (Wildman–Crippen MR) is 122 cm³/mol. The molecule has 0 bridgehead atoms. The second-order valence-electron chi connectivity index (χ2n) is 6.37. The molecule has 1 aromatic heterocycles. The summed E-state index contributed by atoms with van der Waals surface area (Å²) in [5.74, 6) is -0.00752. The minimum absolute atomic E-state index is 0.160. The van der Waals surface area contributed by atoms with Crippen LogP contribution in [0.5, 0.6) is 0 Å². The maximum Gasteiger partial charge on any atom is 0.234 e. The number of rotatable bonds is 6. The molecule has 0 spiro atoms. The number of hydrogen-bond acceptors (Lipinski definition) is 5. The van der Waals surface area contributed by atoms with Crippen LogP contribution in [-0.2, 0) is 4.79 Å². The zero-order valence-corrected chi connectivity index (χ0v) is 17.4. The second-order valence-corrected chi connectivity index (χ2v) is 7.75. The molecule has 5 nitrogen and oxygen atoms in total. The minimum atomic E-state index is -0.167. The smallest absolute Gasteiger partial charge is 0.234 e. The average molecular weight is 433 g/mol. The van der Waals surface area contributed by atoms with E-state index in [9.17, 15) is 4.79 Å². The maximum atomic E-state index is 12.3. The summed E-state index contributed by atoms with van der Waals surface area (Å²) in [7, 11) is 0. The third-order valence-electron chi connectivity index (χ3n) is 4.20. The predicted octanol–water partition coefficient (Wildman–Crippen LogP) is 5.59. The Hall–Kier alpha value is -3.22. The highest BCUT2D eigenvalue weighted by atomic mass is 35.5. The molecule has 0 fully saturated rings. The number of hydrogen-bond donors (Lipinski definition) is 1. The Morgan fingerprint density at radius 1 is 0.833 bits per heavy atom. The Labute approximate surface area is 183 Å². The van der Waals surface area contributed by atoms with Gasteiger partial charge >= 0.3 is 0 Å². The highest BCUT2D eigenvalue weighted by Gasteiger charge is 2.14. The fourth-order valence-electron chi connectivity index (χ4n) is 2.85. The minimum Gasteiger partial charge on any atom is -0.325 e. The molecule has 4 rings (SSSR count). The first-order valence-corrected chi connectivity index (χ1v) is 10.6. The second kappa shape index (κ2) is 9.52. The summed E-state index contributed by atoms with van der Waals surface area (Å²) < 4.78 is 0. The van der Waals surface area contributed by atoms with Crippen LogP contribution < -0.4 is 5.32 Å². The molecule has 0 saturated carbocycles. The zero-order chi connectivity index (χ0) is 20.8. The number of anilines is 1. The number of carbonyl (C=O) groups is 1. The maximum absolute atomic E-state index is 12.3. The van der Waals surface area contributed by atoms with Crippen LogP contribution in [0.15, 0.2) is 90.1 Å². The van der Waals surface area contributed by atoms with E-state index in [0.717, 1.165) is 16.8 Å². The van der Waals surface area contributed by atoms with Crippen molar-refractivity contribution in [3.63, 3.8) is 0 Å². The molecule has 30 heavy (non-hydrogen) atoms. The van der Waals surface area contributed by atoms with Crippen LogP contribution in [0.2, 0.25) is 5.02 Å². The van der Waals surface area contributed by atoms with Crippen LogP contribution in [0, 0.1) is 0 Å². The Kier molecular flexibility index (Phi) is 6.37. The molecule has 4 aromatic rings. The van der Waals surface area contributed by atoms with Crippen molar-refractivity contribution in [1.82, 2.24) is 15.2 Å². The number of nitrogens with one attached hydrogen (secondary N) is 1. The summed E-state index contributed by atoms with van der Waals surface area (Å²) in [6, 6.07) is 26.7. The normalized spacial score (nSPS) is 10.6. The van der Waals surface area contributed by atoms with Gasteiger partial charge in [-0.25, -0.2) is 4.98 Å². The van der Waals surface area contributed by atoms with Crippen molar-refractivity contribution >= 4 is 35.0 Å². The van der Waals surface area contributed by atoms with Crippen LogP contribution in [0.25, 0.3) is 22.5 Å². The standard InChI is InChI=1S/C23H17ClN4OS/c24-18-12-7-13-19(14-18)25-20(29)15-30-23-26-21(16-8-3-1-4-9-16)22(27-28-23)17-10-5-2-6-11-17/h1-14H,15H2,(H,25,29). The number of carbonyl (C=O) groups excluding carboxylic acids is 1. The fourth-order valence-corrected chi connectivity index (χ4v) is 3.63. The number of nitrogens with zero attached hydrogens (tertiary/aromatic N) is 3. The van der Waals surface area contributed by atoms with E-state index in [1.807, 2.05) is 60.7 Å². The van der Waals surface area contributed by atoms with Crippen molar-refractivity contribution in [2.75, 3.05) is 11.1 Å². The van der Waals surface area contributed by atoms with Gasteiger partial charge in [-0.2, -0.15) is 0 Å². The van der Waals surface area contributed by atoms with Gasteiger partial charge in [0.05, 0.1) is 5.75 Å². The van der Waals surface area contributed by atoms with E-state index in [-0.39, 0.29) is 11.7 Å². The van der Waals surface area contributed by atoms with E-state index >= 15 is 0 Å². The van der Waals surface area contributed by atoms with Gasteiger partial charge in [0.25, 0.3) is 0 Å². The Balaban J connectivity index is 1.55. The van der Waals surface area contributed by atoms with Crippen molar-refractivity contribution in [3.05, 3.63) is 90.0 Å². The molecular formula is C23H17ClN4OS. The van der Waals surface area contributed by atoms with Crippen LogP contribution in [0.3, 0.4) is 0 Å². The van der Waals surface area contributed by atoms with Gasteiger partial charge in [-0.15, -0.1) is 10.2 Å². The lowest BCUT2D eigenvalue weighted by molar-refractivity contribution is -0.113. The first kappa shape index (κ1) is 20.1. The molecule has 0 aliphatic heterocycles. The third kappa shape index (κ3) is 5.03. The highest BCUT2D eigenvalue weighted by molar-refractivity contribution is 7.99. The van der Waals surface area contributed by atoms with E-state index in [0.29, 0.717) is 21.6 Å². The first-order valence-electron chi connectivity index (χ1n) is 9.23. The molecule has 1 N–H and O–H groups in total. The summed E-state index contributed by atoms with van der Waals surface area (Å²) in [5, 5.41) is 12.5. The Morgan fingerprint density at radius 2 is 1.50 bits per heavy atom. The van der Waals surface area contributed by atoms with Crippen molar-refractivity contribution in [3.8, 4) is 22.5 Å². The van der Waals surface area contributed by atoms with Crippen LogP contribution in [0.1, 0.15) is 0 Å². The number of benzene rings is 3. The largest absolute Gasteiger partial charge is 0.325 e. The number of aromatic nitrogens is 3. The van der Waals surface area contributed by atoms with Crippen LogP contribution >= 0.6 is 23.4 Å². The van der Waals surface area contributed by atoms with Gasteiger partial charge in [-0.05, 0) is 18.2 Å². The van der Waals surface area contributed by atoms with E-state index in [1.165, 1.54) is 11.8 Å². The summed E-state index contributed by atoms with van der Waals surface area (Å²) in [6.07, 6.45) is 0. The number of amides is 1. The first-order chi connectivity index (χ1) is 14.7. The molecule has 0 saturated heterocycles. The SMILES string of the molecule is O=C(CSc1nnc(-c2ccccc2)c(-c2ccccc2)n1)Nc1cccc(Cl)c1. The lowest BCUT2D eigenvalue weighted by atomic mass is 10.0. The van der Waals surface area contributed by atoms with E-state index in [2.05, 4.69) is 15.5 Å². The Bertz CT molecular complexity index is 1160. The molecule has 0 radical (unpaired) electrons. The number of thioether (sulfide) groups is 1. The highest BCUT2D eigenvalue weighted by Crippen LogP contribution is 2.29. The summed E-state index contributed by atoms with van der Waals surface area (Å²) >= 11 is 7.19. The van der Waals surface area contributed by atoms with Gasteiger partial charge in [-0.1, -0.05) is 90.1 Å². The van der Waals surface area contributed by atoms with Crippen LogP contribution in [0.4, 0.5) is 5.69 Å². The monoisotopic (exact) mass is 432 g/mol. The van der Waals surface area contributed by atoms with E-state index in [4.69, 9.17) is 16.6 Å². The molecule has 0 aliphatic carbocycles. The molecule has 1 amide bonds. The Morgan fingerprint density at radius 3 is 2.17 bits per heavy atom. The zero-order valence-electron chi connectivity index (χ0n) is 15.8. The van der Waals surface area contributed by atoms with E-state index in [1.54, 1.807) is 24.3 Å².